The lowest BCUT2D eigenvalue weighted by Crippen LogP contribution is -2.29. The number of hydrogen-bond acceptors (Lipinski definition) is 7. The number of likely N-dealkylation sites (tertiary alicyclic amines) is 1. The van der Waals surface area contributed by atoms with Crippen molar-refractivity contribution < 1.29 is 27.2 Å². The number of halogens is 3. The van der Waals surface area contributed by atoms with Gasteiger partial charge >= 0.3 is 6.36 Å². The summed E-state index contributed by atoms with van der Waals surface area (Å²) in [5.74, 6) is 0.0189. The summed E-state index contributed by atoms with van der Waals surface area (Å²) in [6.45, 7) is 2.68. The van der Waals surface area contributed by atoms with Crippen molar-refractivity contribution in [2.75, 3.05) is 13.1 Å². The molecule has 1 aromatic carbocycles. The van der Waals surface area contributed by atoms with Crippen LogP contribution in [-0.4, -0.2) is 55.4 Å². The molecule has 1 amide bonds. The standard InChI is InChI=1S/C18H17F3N6O3/c1-2-15-22-16(30-24-15)14-10-27(25-23-14)12-6-7-26(9-12)17(28)11-4-3-5-13(8-11)29-18(19,20)21/h3-5,8,10,12H,2,6-7,9H2,1H3. The highest BCUT2D eigenvalue weighted by Gasteiger charge is 2.32. The number of nitrogens with zero attached hydrogens (tertiary/aromatic N) is 6. The summed E-state index contributed by atoms with van der Waals surface area (Å²) in [6.07, 6.45) is -1.89. The minimum absolute atomic E-state index is 0.120. The van der Waals surface area contributed by atoms with Crippen molar-refractivity contribution in [3.05, 3.63) is 41.9 Å². The molecule has 1 atom stereocenters. The zero-order valence-electron chi connectivity index (χ0n) is 15.8. The fraction of sp³-hybridized carbons (Fsp3) is 0.389. The van der Waals surface area contributed by atoms with E-state index in [9.17, 15) is 18.0 Å². The number of alkyl halides is 3. The molecule has 1 fully saturated rings. The van der Waals surface area contributed by atoms with E-state index < -0.39 is 12.1 Å². The van der Waals surface area contributed by atoms with Gasteiger partial charge in [-0.15, -0.1) is 18.3 Å². The first kappa shape index (κ1) is 19.9. The molecule has 12 heteroatoms. The van der Waals surface area contributed by atoms with Crippen LogP contribution in [0.2, 0.25) is 0 Å². The molecule has 0 spiro atoms. The summed E-state index contributed by atoms with van der Waals surface area (Å²) in [6, 6.07) is 4.90. The van der Waals surface area contributed by atoms with Crippen LogP contribution in [0, 0.1) is 0 Å². The van der Waals surface area contributed by atoms with Gasteiger partial charge < -0.3 is 14.2 Å². The van der Waals surface area contributed by atoms with Gasteiger partial charge in [0.15, 0.2) is 11.5 Å². The molecule has 3 aromatic rings. The Bertz CT molecular complexity index is 1050. The van der Waals surface area contributed by atoms with Gasteiger partial charge in [0.2, 0.25) is 0 Å². The molecule has 158 valence electrons. The summed E-state index contributed by atoms with van der Waals surface area (Å²) in [7, 11) is 0. The third-order valence-electron chi connectivity index (χ3n) is 4.65. The third kappa shape index (κ3) is 4.26. The maximum atomic E-state index is 12.7. The number of carbonyl (C=O) groups is 1. The third-order valence-corrected chi connectivity index (χ3v) is 4.65. The molecule has 0 bridgehead atoms. The van der Waals surface area contributed by atoms with E-state index in [0.29, 0.717) is 37.4 Å². The number of benzene rings is 1. The van der Waals surface area contributed by atoms with Crippen LogP contribution in [0.4, 0.5) is 13.2 Å². The van der Waals surface area contributed by atoms with Gasteiger partial charge in [0.1, 0.15) is 5.75 Å². The minimum atomic E-state index is -4.82. The van der Waals surface area contributed by atoms with Crippen molar-refractivity contribution in [3.8, 4) is 17.3 Å². The van der Waals surface area contributed by atoms with Crippen LogP contribution in [0.25, 0.3) is 11.6 Å². The molecule has 0 saturated carbocycles. The van der Waals surface area contributed by atoms with E-state index in [2.05, 4.69) is 25.2 Å². The minimum Gasteiger partial charge on any atom is -0.406 e. The van der Waals surface area contributed by atoms with Crippen molar-refractivity contribution in [2.45, 2.75) is 32.2 Å². The van der Waals surface area contributed by atoms with E-state index in [1.165, 1.54) is 12.1 Å². The average Bonchev–Trinajstić information content (AvgIpc) is 3.45. The van der Waals surface area contributed by atoms with Crippen molar-refractivity contribution in [1.29, 1.82) is 0 Å². The van der Waals surface area contributed by atoms with Crippen molar-refractivity contribution in [3.63, 3.8) is 0 Å². The van der Waals surface area contributed by atoms with Crippen LogP contribution in [0.3, 0.4) is 0 Å². The van der Waals surface area contributed by atoms with Gasteiger partial charge in [-0.1, -0.05) is 23.4 Å². The molecule has 9 nitrogen and oxygen atoms in total. The first-order chi connectivity index (χ1) is 14.3. The van der Waals surface area contributed by atoms with Gasteiger partial charge in [-0.25, -0.2) is 4.68 Å². The van der Waals surface area contributed by atoms with Gasteiger partial charge in [0, 0.05) is 25.1 Å². The summed E-state index contributed by atoms with van der Waals surface area (Å²) in [5, 5.41) is 11.9. The number of hydrogen-bond donors (Lipinski definition) is 0. The van der Waals surface area contributed by atoms with Gasteiger partial charge in [-0.2, -0.15) is 4.98 Å². The molecule has 4 rings (SSSR count). The molecule has 1 unspecified atom stereocenters. The second kappa shape index (κ2) is 7.76. The first-order valence-corrected chi connectivity index (χ1v) is 9.22. The largest absolute Gasteiger partial charge is 0.573 e. The van der Waals surface area contributed by atoms with Crippen LogP contribution in [0.5, 0.6) is 5.75 Å². The molecule has 1 aliphatic heterocycles. The predicted octanol–water partition coefficient (Wildman–Crippen LogP) is 2.88. The van der Waals surface area contributed by atoms with Gasteiger partial charge in [0.05, 0.1) is 12.2 Å². The van der Waals surface area contributed by atoms with Crippen molar-refractivity contribution in [2.24, 2.45) is 0 Å². The van der Waals surface area contributed by atoms with Crippen LogP contribution < -0.4 is 4.74 Å². The fourth-order valence-electron chi connectivity index (χ4n) is 3.21. The molecule has 1 saturated heterocycles. The zero-order valence-corrected chi connectivity index (χ0v) is 15.8. The Balaban J connectivity index is 1.43. The normalized spacial score (nSPS) is 16.8. The lowest BCUT2D eigenvalue weighted by molar-refractivity contribution is -0.274. The fourth-order valence-corrected chi connectivity index (χ4v) is 3.21. The molecule has 0 N–H and O–H groups in total. The Labute approximate surface area is 168 Å². The Morgan fingerprint density at radius 3 is 2.93 bits per heavy atom. The lowest BCUT2D eigenvalue weighted by atomic mass is 10.2. The summed E-state index contributed by atoms with van der Waals surface area (Å²) in [4.78, 5) is 18.5. The second-order valence-corrected chi connectivity index (χ2v) is 6.72. The van der Waals surface area contributed by atoms with Crippen LogP contribution in [0.1, 0.15) is 35.6 Å². The number of amides is 1. The van der Waals surface area contributed by atoms with E-state index in [1.54, 1.807) is 15.8 Å². The van der Waals surface area contributed by atoms with Crippen LogP contribution in [-0.2, 0) is 6.42 Å². The van der Waals surface area contributed by atoms with Crippen LogP contribution in [0.15, 0.2) is 35.0 Å². The molecule has 30 heavy (non-hydrogen) atoms. The Morgan fingerprint density at radius 1 is 1.37 bits per heavy atom. The van der Waals surface area contributed by atoms with Gasteiger partial charge in [0.25, 0.3) is 11.8 Å². The smallest absolute Gasteiger partial charge is 0.406 e. The van der Waals surface area contributed by atoms with Crippen molar-refractivity contribution in [1.82, 2.24) is 30.0 Å². The van der Waals surface area contributed by atoms with E-state index in [0.717, 1.165) is 12.1 Å². The maximum absolute atomic E-state index is 12.7. The summed E-state index contributed by atoms with van der Waals surface area (Å²) < 4.78 is 47.9. The molecule has 1 aliphatic rings. The Morgan fingerprint density at radius 2 is 2.20 bits per heavy atom. The van der Waals surface area contributed by atoms with E-state index in [-0.39, 0.29) is 23.4 Å². The quantitative estimate of drug-likeness (QED) is 0.623. The van der Waals surface area contributed by atoms with E-state index >= 15 is 0 Å². The lowest BCUT2D eigenvalue weighted by Gasteiger charge is -2.17. The van der Waals surface area contributed by atoms with Gasteiger partial charge in [-0.05, 0) is 24.6 Å². The number of carbonyl (C=O) groups excluding carboxylic acids is 1. The van der Waals surface area contributed by atoms with E-state index in [1.807, 2.05) is 6.92 Å². The Kier molecular flexibility index (Phi) is 5.14. The predicted molar refractivity (Wildman–Crippen MR) is 95.4 cm³/mol. The number of aromatic nitrogens is 5. The SMILES string of the molecule is CCc1noc(-c2cn(C3CCN(C(=O)c4cccc(OC(F)(F)F)c4)C3)nn2)n1. The average molecular weight is 422 g/mol. The second-order valence-electron chi connectivity index (χ2n) is 6.72. The zero-order chi connectivity index (χ0) is 21.3. The summed E-state index contributed by atoms with van der Waals surface area (Å²) >= 11 is 0. The number of aryl methyl sites for hydroxylation is 1. The first-order valence-electron chi connectivity index (χ1n) is 9.22. The maximum Gasteiger partial charge on any atom is 0.573 e. The molecule has 2 aromatic heterocycles. The molecule has 3 heterocycles. The molecule has 0 radical (unpaired) electrons. The molecular weight excluding hydrogens is 405 g/mol. The van der Waals surface area contributed by atoms with Crippen molar-refractivity contribution >= 4 is 5.91 Å². The monoisotopic (exact) mass is 422 g/mol. The topological polar surface area (TPSA) is 99.2 Å². The Hall–Kier alpha value is -3.44. The highest BCUT2D eigenvalue weighted by molar-refractivity contribution is 5.94. The molecular formula is C18H17F3N6O3. The number of ether oxygens (including phenoxy) is 1. The number of rotatable bonds is 5. The van der Waals surface area contributed by atoms with Gasteiger partial charge in [-0.3, -0.25) is 4.79 Å². The summed E-state index contributed by atoms with van der Waals surface area (Å²) in [5.41, 5.74) is 0.554. The highest BCUT2D eigenvalue weighted by Crippen LogP contribution is 2.27. The highest BCUT2D eigenvalue weighted by atomic mass is 19.4. The van der Waals surface area contributed by atoms with Crippen LogP contribution >= 0.6 is 0 Å². The van der Waals surface area contributed by atoms with E-state index in [4.69, 9.17) is 4.52 Å². The molecule has 0 aliphatic carbocycles.